The summed E-state index contributed by atoms with van der Waals surface area (Å²) in [6.07, 6.45) is 1.68. The van der Waals surface area contributed by atoms with E-state index in [1.807, 2.05) is 12.1 Å². The summed E-state index contributed by atoms with van der Waals surface area (Å²) in [5.74, 6) is -0.0267. The summed E-state index contributed by atoms with van der Waals surface area (Å²) in [7, 11) is 0. The summed E-state index contributed by atoms with van der Waals surface area (Å²) < 4.78 is 1.80. The van der Waals surface area contributed by atoms with Gasteiger partial charge in [0.05, 0.1) is 22.0 Å². The number of halogens is 1. The van der Waals surface area contributed by atoms with Crippen molar-refractivity contribution in [3.8, 4) is 5.69 Å². The Kier molecular flexibility index (Phi) is 4.29. The third-order valence-corrected chi connectivity index (χ3v) is 3.46. The summed E-state index contributed by atoms with van der Waals surface area (Å²) in [6, 6.07) is 7.43. The first-order valence-electron chi connectivity index (χ1n) is 6.46. The minimum Gasteiger partial charge on any atom is -0.409 e. The van der Waals surface area contributed by atoms with Gasteiger partial charge in [0.25, 0.3) is 0 Å². The number of hydrogen-bond donors (Lipinski definition) is 2. The van der Waals surface area contributed by atoms with Gasteiger partial charge in [-0.2, -0.15) is 5.10 Å². The van der Waals surface area contributed by atoms with Gasteiger partial charge in [-0.3, -0.25) is 0 Å². The Labute approximate surface area is 122 Å². The van der Waals surface area contributed by atoms with Crippen LogP contribution in [-0.4, -0.2) is 20.8 Å². The van der Waals surface area contributed by atoms with Gasteiger partial charge in [-0.05, 0) is 31.0 Å². The van der Waals surface area contributed by atoms with Crippen molar-refractivity contribution in [3.63, 3.8) is 0 Å². The zero-order chi connectivity index (χ0) is 14.7. The fourth-order valence-corrected chi connectivity index (χ4v) is 2.37. The van der Waals surface area contributed by atoms with Gasteiger partial charge in [0.1, 0.15) is 0 Å². The van der Waals surface area contributed by atoms with E-state index < -0.39 is 0 Å². The van der Waals surface area contributed by atoms with E-state index in [0.29, 0.717) is 16.3 Å². The van der Waals surface area contributed by atoms with E-state index in [2.05, 4.69) is 30.2 Å². The van der Waals surface area contributed by atoms with Crippen LogP contribution in [0.4, 0.5) is 0 Å². The van der Waals surface area contributed by atoms with Crippen molar-refractivity contribution >= 4 is 17.4 Å². The molecule has 0 saturated heterocycles. The largest absolute Gasteiger partial charge is 0.409 e. The minimum absolute atomic E-state index is 0.0267. The Morgan fingerprint density at radius 2 is 2.15 bits per heavy atom. The molecule has 0 spiro atoms. The molecule has 1 aromatic carbocycles. The number of rotatable bonds is 4. The van der Waals surface area contributed by atoms with Gasteiger partial charge >= 0.3 is 0 Å². The molecule has 0 saturated carbocycles. The molecule has 1 aromatic heterocycles. The van der Waals surface area contributed by atoms with Crippen LogP contribution < -0.4 is 5.73 Å². The van der Waals surface area contributed by atoms with E-state index in [4.69, 9.17) is 22.5 Å². The first-order chi connectivity index (χ1) is 9.62. The second-order valence-corrected chi connectivity index (χ2v) is 4.77. The van der Waals surface area contributed by atoms with Crippen LogP contribution >= 0.6 is 11.6 Å². The van der Waals surface area contributed by atoms with Crippen LogP contribution in [0.15, 0.2) is 29.4 Å². The SMILES string of the molecule is CCc1cc(CC)n(-c2cccc(Cl)c2/C(N)=N/O)n1. The highest BCUT2D eigenvalue weighted by Gasteiger charge is 2.16. The molecule has 2 aromatic rings. The van der Waals surface area contributed by atoms with Crippen molar-refractivity contribution in [1.29, 1.82) is 0 Å². The van der Waals surface area contributed by atoms with E-state index >= 15 is 0 Å². The van der Waals surface area contributed by atoms with Crippen LogP contribution in [0, 0.1) is 0 Å². The number of nitrogens with two attached hydrogens (primary N) is 1. The van der Waals surface area contributed by atoms with E-state index in [9.17, 15) is 0 Å². The van der Waals surface area contributed by atoms with Gasteiger partial charge in [0.2, 0.25) is 0 Å². The molecule has 0 radical (unpaired) electrons. The Morgan fingerprint density at radius 3 is 2.75 bits per heavy atom. The maximum atomic E-state index is 8.94. The molecule has 0 fully saturated rings. The van der Waals surface area contributed by atoms with Gasteiger partial charge in [0, 0.05) is 5.69 Å². The Hall–Kier alpha value is -2.01. The quantitative estimate of drug-likeness (QED) is 0.394. The highest BCUT2D eigenvalue weighted by atomic mass is 35.5. The molecule has 0 aliphatic carbocycles. The van der Waals surface area contributed by atoms with Crippen LogP contribution in [0.5, 0.6) is 0 Å². The third kappa shape index (κ3) is 2.49. The number of hydrogen-bond acceptors (Lipinski definition) is 3. The molecular formula is C14H17ClN4O. The van der Waals surface area contributed by atoms with E-state index in [1.54, 1.807) is 10.7 Å². The molecule has 2 rings (SSSR count). The van der Waals surface area contributed by atoms with Crippen molar-refractivity contribution in [2.45, 2.75) is 26.7 Å². The molecule has 20 heavy (non-hydrogen) atoms. The van der Waals surface area contributed by atoms with Crippen LogP contribution in [0.2, 0.25) is 5.02 Å². The summed E-state index contributed by atoms with van der Waals surface area (Å²) in [5, 5.41) is 17.0. The molecule has 0 atom stereocenters. The summed E-state index contributed by atoms with van der Waals surface area (Å²) in [6.45, 7) is 4.11. The van der Waals surface area contributed by atoms with Gasteiger partial charge in [-0.25, -0.2) is 4.68 Å². The molecule has 3 N–H and O–H groups in total. The molecule has 106 valence electrons. The molecule has 0 bridgehead atoms. The summed E-state index contributed by atoms with van der Waals surface area (Å²) >= 11 is 6.18. The smallest absolute Gasteiger partial charge is 0.173 e. The topological polar surface area (TPSA) is 76.4 Å². The molecule has 1 heterocycles. The van der Waals surface area contributed by atoms with Gasteiger partial charge in [-0.1, -0.05) is 36.7 Å². The fraction of sp³-hybridized carbons (Fsp3) is 0.286. The summed E-state index contributed by atoms with van der Waals surface area (Å²) in [4.78, 5) is 0. The first kappa shape index (κ1) is 14.4. The standard InChI is InChI=1S/C14H17ClN4O/c1-3-9-8-10(4-2)19(17-9)12-7-5-6-11(15)13(12)14(16)18-20/h5-8,20H,3-4H2,1-2H3,(H2,16,18). The lowest BCUT2D eigenvalue weighted by atomic mass is 10.1. The number of aromatic nitrogens is 2. The second kappa shape index (κ2) is 5.96. The molecule has 0 aliphatic rings. The Morgan fingerprint density at radius 1 is 1.40 bits per heavy atom. The highest BCUT2D eigenvalue weighted by Crippen LogP contribution is 2.24. The van der Waals surface area contributed by atoms with Crippen molar-refractivity contribution in [3.05, 3.63) is 46.2 Å². The highest BCUT2D eigenvalue weighted by molar-refractivity contribution is 6.34. The lowest BCUT2D eigenvalue weighted by molar-refractivity contribution is 0.318. The molecule has 0 unspecified atom stereocenters. The lowest BCUT2D eigenvalue weighted by Crippen LogP contribution is -2.18. The van der Waals surface area contributed by atoms with Crippen molar-refractivity contribution in [2.75, 3.05) is 0 Å². The predicted octanol–water partition coefficient (Wildman–Crippen LogP) is 2.75. The van der Waals surface area contributed by atoms with E-state index in [0.717, 1.165) is 24.2 Å². The van der Waals surface area contributed by atoms with Crippen molar-refractivity contribution < 1.29 is 5.21 Å². The zero-order valence-electron chi connectivity index (χ0n) is 11.5. The molecular weight excluding hydrogens is 276 g/mol. The monoisotopic (exact) mass is 292 g/mol. The van der Waals surface area contributed by atoms with Crippen LogP contribution in [0.25, 0.3) is 5.69 Å². The first-order valence-corrected chi connectivity index (χ1v) is 6.84. The number of aryl methyl sites for hydroxylation is 2. The maximum Gasteiger partial charge on any atom is 0.173 e. The Bertz CT molecular complexity index is 649. The maximum absolute atomic E-state index is 8.94. The summed E-state index contributed by atoms with van der Waals surface area (Å²) in [5.41, 5.74) is 8.98. The molecule has 5 nitrogen and oxygen atoms in total. The van der Waals surface area contributed by atoms with Crippen molar-refractivity contribution in [1.82, 2.24) is 9.78 Å². The van der Waals surface area contributed by atoms with Crippen LogP contribution in [0.3, 0.4) is 0 Å². The molecule has 0 amide bonds. The number of amidine groups is 1. The van der Waals surface area contributed by atoms with Crippen LogP contribution in [0.1, 0.15) is 30.8 Å². The second-order valence-electron chi connectivity index (χ2n) is 4.37. The third-order valence-electron chi connectivity index (χ3n) is 3.14. The average Bonchev–Trinajstić information content (AvgIpc) is 2.89. The zero-order valence-corrected chi connectivity index (χ0v) is 12.2. The number of benzene rings is 1. The van der Waals surface area contributed by atoms with Gasteiger partial charge in [-0.15, -0.1) is 0 Å². The number of nitrogens with zero attached hydrogens (tertiary/aromatic N) is 3. The fourth-order valence-electron chi connectivity index (χ4n) is 2.10. The predicted molar refractivity (Wildman–Crippen MR) is 79.8 cm³/mol. The molecule has 6 heteroatoms. The van der Waals surface area contributed by atoms with Crippen molar-refractivity contribution in [2.24, 2.45) is 10.9 Å². The Balaban J connectivity index is 2.69. The number of oxime groups is 1. The molecule has 0 aliphatic heterocycles. The van der Waals surface area contributed by atoms with Gasteiger partial charge < -0.3 is 10.9 Å². The van der Waals surface area contributed by atoms with E-state index in [1.165, 1.54) is 0 Å². The normalized spacial score (nSPS) is 11.8. The van der Waals surface area contributed by atoms with E-state index in [-0.39, 0.29) is 5.84 Å². The lowest BCUT2D eigenvalue weighted by Gasteiger charge is -2.12. The van der Waals surface area contributed by atoms with Crippen LogP contribution in [-0.2, 0) is 12.8 Å². The minimum atomic E-state index is -0.0267. The van der Waals surface area contributed by atoms with Gasteiger partial charge in [0.15, 0.2) is 5.84 Å². The average molecular weight is 293 g/mol.